The molecule has 166 valence electrons. The third-order valence-corrected chi connectivity index (χ3v) is 5.87. The van der Waals surface area contributed by atoms with E-state index < -0.39 is 0 Å². The number of rotatable bonds is 6. The highest BCUT2D eigenvalue weighted by Gasteiger charge is 2.26. The zero-order valence-electron chi connectivity index (χ0n) is 18.6. The molecule has 2 aromatic heterocycles. The first-order chi connectivity index (χ1) is 16.1. The van der Waals surface area contributed by atoms with Crippen LogP contribution in [0.4, 0.5) is 11.6 Å². The Morgan fingerprint density at radius 3 is 2.61 bits per heavy atom. The van der Waals surface area contributed by atoms with Crippen LogP contribution in [0.5, 0.6) is 5.75 Å². The van der Waals surface area contributed by atoms with E-state index in [4.69, 9.17) is 9.72 Å². The van der Waals surface area contributed by atoms with Gasteiger partial charge in [0, 0.05) is 36.2 Å². The fourth-order valence-corrected chi connectivity index (χ4v) is 4.27. The van der Waals surface area contributed by atoms with Crippen LogP contribution in [0.15, 0.2) is 66.9 Å². The molecule has 33 heavy (non-hydrogen) atoms. The van der Waals surface area contributed by atoms with E-state index in [1.807, 2.05) is 74.5 Å². The fourth-order valence-electron chi connectivity index (χ4n) is 4.27. The van der Waals surface area contributed by atoms with E-state index >= 15 is 0 Å². The number of nitrogens with one attached hydrogen (secondary N) is 2. The number of benzene rings is 2. The van der Waals surface area contributed by atoms with Gasteiger partial charge < -0.3 is 19.9 Å². The normalized spacial score (nSPS) is 12.7. The lowest BCUT2D eigenvalue weighted by molar-refractivity contribution is 0.0926. The number of fused-ring (bicyclic) bond motifs is 1. The Hall–Kier alpha value is -4.13. The summed E-state index contributed by atoms with van der Waals surface area (Å²) in [6.45, 7) is 5.94. The van der Waals surface area contributed by atoms with E-state index in [1.54, 1.807) is 6.20 Å². The van der Waals surface area contributed by atoms with Gasteiger partial charge in [-0.15, -0.1) is 0 Å². The van der Waals surface area contributed by atoms with Crippen molar-refractivity contribution in [1.82, 2.24) is 19.9 Å². The van der Waals surface area contributed by atoms with Crippen LogP contribution in [0.2, 0.25) is 0 Å². The van der Waals surface area contributed by atoms with Crippen molar-refractivity contribution in [3.05, 3.63) is 89.4 Å². The maximum Gasteiger partial charge on any atom is 0.268 e. The zero-order chi connectivity index (χ0) is 22.8. The lowest BCUT2D eigenvalue weighted by Crippen LogP contribution is -2.35. The molecule has 1 aliphatic rings. The number of hydrogen-bond acceptors (Lipinski definition) is 5. The number of aromatic nitrogens is 3. The lowest BCUT2D eigenvalue weighted by Gasteiger charge is -2.17. The highest BCUT2D eigenvalue weighted by atomic mass is 16.5. The van der Waals surface area contributed by atoms with Crippen LogP contribution in [-0.2, 0) is 13.2 Å². The zero-order valence-corrected chi connectivity index (χ0v) is 18.6. The van der Waals surface area contributed by atoms with E-state index in [0.717, 1.165) is 46.1 Å². The Morgan fingerprint density at radius 1 is 1.06 bits per heavy atom. The van der Waals surface area contributed by atoms with Crippen LogP contribution < -0.4 is 15.4 Å². The van der Waals surface area contributed by atoms with Crippen molar-refractivity contribution in [2.45, 2.75) is 27.0 Å². The Labute approximate surface area is 192 Å². The number of amides is 1. The molecule has 0 fully saturated rings. The second-order valence-corrected chi connectivity index (χ2v) is 8.03. The third-order valence-electron chi connectivity index (χ3n) is 5.87. The number of ether oxygens (including phenoxy) is 1. The molecule has 0 aliphatic carbocycles. The summed E-state index contributed by atoms with van der Waals surface area (Å²) >= 11 is 0. The van der Waals surface area contributed by atoms with Crippen molar-refractivity contribution in [3.63, 3.8) is 0 Å². The summed E-state index contributed by atoms with van der Waals surface area (Å²) in [7, 11) is 0. The predicted molar refractivity (Wildman–Crippen MR) is 128 cm³/mol. The van der Waals surface area contributed by atoms with E-state index in [9.17, 15) is 4.79 Å². The van der Waals surface area contributed by atoms with Gasteiger partial charge in [0.25, 0.3) is 5.91 Å². The molecule has 0 saturated heterocycles. The maximum atomic E-state index is 12.4. The monoisotopic (exact) mass is 439 g/mol. The van der Waals surface area contributed by atoms with Crippen molar-refractivity contribution >= 4 is 17.5 Å². The van der Waals surface area contributed by atoms with Crippen molar-refractivity contribution in [2.24, 2.45) is 0 Å². The van der Waals surface area contributed by atoms with E-state index in [1.165, 1.54) is 0 Å². The van der Waals surface area contributed by atoms with Gasteiger partial charge in [-0.3, -0.25) is 4.79 Å². The van der Waals surface area contributed by atoms with E-state index in [0.29, 0.717) is 24.8 Å². The van der Waals surface area contributed by atoms with Gasteiger partial charge in [-0.1, -0.05) is 30.3 Å². The van der Waals surface area contributed by atoms with Crippen molar-refractivity contribution < 1.29 is 9.53 Å². The summed E-state index contributed by atoms with van der Waals surface area (Å²) in [5.74, 6) is 1.26. The molecule has 5 rings (SSSR count). The second-order valence-electron chi connectivity index (χ2n) is 8.03. The summed E-state index contributed by atoms with van der Waals surface area (Å²) in [5.41, 5.74) is 6.46. The third kappa shape index (κ3) is 4.17. The van der Waals surface area contributed by atoms with Crippen LogP contribution in [-0.4, -0.2) is 27.0 Å². The molecule has 7 heteroatoms. The lowest BCUT2D eigenvalue weighted by atomic mass is 10.1. The quantitative estimate of drug-likeness (QED) is 0.458. The highest BCUT2D eigenvalue weighted by Crippen LogP contribution is 2.32. The summed E-state index contributed by atoms with van der Waals surface area (Å²) in [6.07, 6.45) is 1.73. The predicted octanol–water partition coefficient (Wildman–Crippen LogP) is 4.63. The first-order valence-corrected chi connectivity index (χ1v) is 11.0. The Kier molecular flexibility index (Phi) is 5.52. The first-order valence-electron chi connectivity index (χ1n) is 11.0. The van der Waals surface area contributed by atoms with E-state index in [-0.39, 0.29) is 5.91 Å². The van der Waals surface area contributed by atoms with Gasteiger partial charge in [0.05, 0.1) is 5.69 Å². The molecule has 0 bridgehead atoms. The second kappa shape index (κ2) is 8.78. The summed E-state index contributed by atoms with van der Waals surface area (Å²) in [5, 5.41) is 6.18. The maximum absolute atomic E-state index is 12.4. The number of carbonyl (C=O) groups excluding carboxylic acids is 1. The average Bonchev–Trinajstić information content (AvgIpc) is 3.10. The van der Waals surface area contributed by atoms with Gasteiger partial charge >= 0.3 is 0 Å². The van der Waals surface area contributed by atoms with Crippen LogP contribution in [0, 0.1) is 13.8 Å². The molecule has 7 nitrogen and oxygen atoms in total. The van der Waals surface area contributed by atoms with Crippen molar-refractivity contribution in [2.75, 3.05) is 11.9 Å². The summed E-state index contributed by atoms with van der Waals surface area (Å²) in [4.78, 5) is 21.5. The van der Waals surface area contributed by atoms with Crippen LogP contribution >= 0.6 is 0 Å². The minimum Gasteiger partial charge on any atom is -0.489 e. The smallest absolute Gasteiger partial charge is 0.268 e. The van der Waals surface area contributed by atoms with Gasteiger partial charge in [-0.05, 0) is 55.3 Å². The topological polar surface area (TPSA) is 81.1 Å². The van der Waals surface area contributed by atoms with Crippen molar-refractivity contribution in [1.29, 1.82) is 0 Å². The van der Waals surface area contributed by atoms with Gasteiger partial charge in [-0.25, -0.2) is 9.97 Å². The fraction of sp³-hybridized carbons (Fsp3) is 0.192. The number of nitrogens with zero attached hydrogens (tertiary/aromatic N) is 3. The van der Waals surface area contributed by atoms with Crippen LogP contribution in [0.25, 0.3) is 11.3 Å². The van der Waals surface area contributed by atoms with Gasteiger partial charge in [0.2, 0.25) is 5.95 Å². The van der Waals surface area contributed by atoms with Crippen molar-refractivity contribution in [3.8, 4) is 17.0 Å². The van der Waals surface area contributed by atoms with Crippen LogP contribution in [0.3, 0.4) is 0 Å². The van der Waals surface area contributed by atoms with Crippen LogP contribution in [0.1, 0.15) is 27.3 Å². The number of anilines is 2. The number of carbonyl (C=O) groups is 1. The summed E-state index contributed by atoms with van der Waals surface area (Å²) in [6, 6.07) is 19.7. The Bertz CT molecular complexity index is 1300. The van der Waals surface area contributed by atoms with Gasteiger partial charge in [0.15, 0.2) is 0 Å². The first kappa shape index (κ1) is 20.8. The molecule has 0 saturated carbocycles. The molecule has 0 spiro atoms. The average molecular weight is 440 g/mol. The molecular formula is C26H25N5O2. The SMILES string of the molecule is Cc1c(-c2ccnc(Nc3ccc(OCc4ccccc4)cc3)n2)c(C)n2c1C(=O)NCC2. The minimum absolute atomic E-state index is 0.0323. The molecule has 0 atom stereocenters. The highest BCUT2D eigenvalue weighted by molar-refractivity contribution is 5.97. The molecule has 1 aliphatic heterocycles. The van der Waals surface area contributed by atoms with E-state index in [2.05, 4.69) is 20.2 Å². The largest absolute Gasteiger partial charge is 0.489 e. The molecule has 2 N–H and O–H groups in total. The molecule has 3 heterocycles. The van der Waals surface area contributed by atoms with Gasteiger partial charge in [-0.2, -0.15) is 0 Å². The molecule has 0 unspecified atom stereocenters. The number of hydrogen-bond donors (Lipinski definition) is 2. The van der Waals surface area contributed by atoms with Gasteiger partial charge in [0.1, 0.15) is 18.1 Å². The molecular weight excluding hydrogens is 414 g/mol. The Balaban J connectivity index is 1.33. The molecule has 1 amide bonds. The Morgan fingerprint density at radius 2 is 1.85 bits per heavy atom. The molecule has 2 aromatic carbocycles. The standard InChI is InChI=1S/C26H25N5O2/c1-17-23(18(2)31-15-14-27-25(32)24(17)31)22-12-13-28-26(30-22)29-20-8-10-21(11-9-20)33-16-19-6-4-3-5-7-19/h3-13H,14-16H2,1-2H3,(H,27,32)(H,28,29,30). The molecule has 0 radical (unpaired) electrons. The minimum atomic E-state index is -0.0323. The molecule has 4 aromatic rings. The summed E-state index contributed by atoms with van der Waals surface area (Å²) < 4.78 is 7.93.